The topological polar surface area (TPSA) is 46.3 Å². The third-order valence-electron chi connectivity index (χ3n) is 0.497. The van der Waals surface area contributed by atoms with Gasteiger partial charge in [-0.15, -0.1) is 0 Å². The molecule has 0 fully saturated rings. The van der Waals surface area contributed by atoms with Crippen LogP contribution in [0, 0.1) is 0 Å². The van der Waals surface area contributed by atoms with Crippen molar-refractivity contribution in [2.24, 2.45) is 5.84 Å². The molecule has 0 heterocycles. The lowest BCUT2D eigenvalue weighted by Gasteiger charge is -2.02. The molecular formula is C3H8N2O. The van der Waals surface area contributed by atoms with Gasteiger partial charge in [0.1, 0.15) is 0 Å². The molecule has 0 aromatic carbocycles. The van der Waals surface area contributed by atoms with Gasteiger partial charge in [-0.2, -0.15) is 0 Å². The van der Waals surface area contributed by atoms with Gasteiger partial charge in [0.15, 0.2) is 0 Å². The quantitative estimate of drug-likeness (QED) is 0.243. The summed E-state index contributed by atoms with van der Waals surface area (Å²) in [5, 5.41) is 1.03. The highest BCUT2D eigenvalue weighted by atomic mass is 16.2. The second kappa shape index (κ2) is 1.77. The van der Waals surface area contributed by atoms with E-state index in [9.17, 15) is 4.79 Å². The lowest BCUT2D eigenvalue weighted by Crippen LogP contribution is -2.30. The number of carbonyl (C=O) groups excluding carboxylic acids is 1. The number of hydrogen-bond acceptors (Lipinski definition) is 2. The maximum Gasteiger partial charge on any atom is 0.233 e. The summed E-state index contributed by atoms with van der Waals surface area (Å²) in [7, 11) is 1.50. The predicted molar refractivity (Wildman–Crippen MR) is 22.6 cm³/mol. The van der Waals surface area contributed by atoms with E-state index in [1.807, 2.05) is 0 Å². The lowest BCUT2D eigenvalue weighted by molar-refractivity contribution is -0.127. The first kappa shape index (κ1) is 5.43. The molecule has 0 bridgehead atoms. The van der Waals surface area contributed by atoms with Gasteiger partial charge in [-0.05, 0) is 0 Å². The monoisotopic (exact) mass is 88.1 g/mol. The van der Waals surface area contributed by atoms with Crippen LogP contribution in [-0.2, 0) is 4.79 Å². The second-order valence-electron chi connectivity index (χ2n) is 1.13. The standard InChI is InChI=1S/C3H8N2O/c1-3(6)5(2)4/h4H2,1-2H3. The average Bonchev–Trinajstić information content (AvgIpc) is 1.36. The number of hydrazine groups is 1. The summed E-state index contributed by atoms with van der Waals surface area (Å²) in [4.78, 5) is 9.94. The molecule has 0 rings (SSSR count). The van der Waals surface area contributed by atoms with Crippen molar-refractivity contribution in [3.05, 3.63) is 0 Å². The summed E-state index contributed by atoms with van der Waals surface area (Å²) in [5.74, 6) is 4.79. The van der Waals surface area contributed by atoms with Crippen LogP contribution < -0.4 is 5.84 Å². The summed E-state index contributed by atoms with van der Waals surface area (Å²) < 4.78 is 0. The molecule has 0 aliphatic heterocycles. The first-order valence-electron chi connectivity index (χ1n) is 1.63. The van der Waals surface area contributed by atoms with Gasteiger partial charge < -0.3 is 0 Å². The Bertz CT molecular complexity index is 59.8. The van der Waals surface area contributed by atoms with E-state index in [0.717, 1.165) is 5.01 Å². The van der Waals surface area contributed by atoms with Gasteiger partial charge in [0.05, 0.1) is 0 Å². The van der Waals surface area contributed by atoms with Crippen LogP contribution in [0.1, 0.15) is 6.92 Å². The molecule has 0 atom stereocenters. The van der Waals surface area contributed by atoms with Gasteiger partial charge in [-0.25, -0.2) is 5.84 Å². The average molecular weight is 88.1 g/mol. The van der Waals surface area contributed by atoms with Crippen LogP contribution in [0.5, 0.6) is 0 Å². The van der Waals surface area contributed by atoms with Gasteiger partial charge >= 0.3 is 0 Å². The Labute approximate surface area is 36.7 Å². The molecule has 0 aromatic rings. The number of nitrogens with two attached hydrogens (primary N) is 1. The van der Waals surface area contributed by atoms with Crippen molar-refractivity contribution >= 4 is 5.91 Å². The summed E-state index contributed by atoms with van der Waals surface area (Å²) in [6, 6.07) is 0. The summed E-state index contributed by atoms with van der Waals surface area (Å²) >= 11 is 0. The summed E-state index contributed by atoms with van der Waals surface area (Å²) in [6.07, 6.45) is 0. The molecule has 2 N–H and O–H groups in total. The number of rotatable bonds is 0. The van der Waals surface area contributed by atoms with Crippen molar-refractivity contribution < 1.29 is 4.79 Å². The molecule has 0 saturated carbocycles. The van der Waals surface area contributed by atoms with E-state index in [1.54, 1.807) is 0 Å². The summed E-state index contributed by atoms with van der Waals surface area (Å²) in [6.45, 7) is 1.40. The third-order valence-corrected chi connectivity index (χ3v) is 0.497. The zero-order chi connectivity index (χ0) is 5.15. The Hall–Kier alpha value is -0.570. The van der Waals surface area contributed by atoms with Crippen molar-refractivity contribution in [1.29, 1.82) is 0 Å². The largest absolute Gasteiger partial charge is 0.284 e. The van der Waals surface area contributed by atoms with Crippen LogP contribution in [0.3, 0.4) is 0 Å². The van der Waals surface area contributed by atoms with Gasteiger partial charge in [-0.1, -0.05) is 0 Å². The molecule has 0 aromatic heterocycles. The van der Waals surface area contributed by atoms with E-state index in [2.05, 4.69) is 0 Å². The number of nitrogens with zero attached hydrogens (tertiary/aromatic N) is 1. The van der Waals surface area contributed by atoms with Gasteiger partial charge in [0.25, 0.3) is 0 Å². The fourth-order valence-electron chi connectivity index (χ4n) is 0. The fraction of sp³-hybridized carbons (Fsp3) is 0.667. The van der Waals surface area contributed by atoms with Gasteiger partial charge in [-0.3, -0.25) is 9.80 Å². The molecule has 0 unspecified atom stereocenters. The zero-order valence-electron chi connectivity index (χ0n) is 3.93. The molecule has 0 saturated heterocycles. The number of hydrogen-bond donors (Lipinski definition) is 1. The Kier molecular flexibility index (Phi) is 1.60. The molecule has 3 heteroatoms. The molecule has 0 radical (unpaired) electrons. The van der Waals surface area contributed by atoms with Crippen molar-refractivity contribution in [1.82, 2.24) is 5.01 Å². The zero-order valence-corrected chi connectivity index (χ0v) is 3.93. The molecular weight excluding hydrogens is 80.0 g/mol. The van der Waals surface area contributed by atoms with E-state index in [0.29, 0.717) is 0 Å². The van der Waals surface area contributed by atoms with Crippen LogP contribution >= 0.6 is 0 Å². The summed E-state index contributed by atoms with van der Waals surface area (Å²) in [5.41, 5.74) is 0. The smallest absolute Gasteiger partial charge is 0.233 e. The molecule has 3 nitrogen and oxygen atoms in total. The van der Waals surface area contributed by atoms with Crippen molar-refractivity contribution in [3.8, 4) is 0 Å². The van der Waals surface area contributed by atoms with Crippen LogP contribution in [0.2, 0.25) is 0 Å². The first-order valence-corrected chi connectivity index (χ1v) is 1.63. The number of carbonyl (C=O) groups is 1. The normalized spacial score (nSPS) is 7.83. The maximum atomic E-state index is 9.94. The minimum absolute atomic E-state index is 0.130. The molecule has 0 aliphatic carbocycles. The molecule has 0 spiro atoms. The molecule has 1 amide bonds. The van der Waals surface area contributed by atoms with E-state index in [1.165, 1.54) is 14.0 Å². The lowest BCUT2D eigenvalue weighted by atomic mass is 10.7. The van der Waals surface area contributed by atoms with Crippen molar-refractivity contribution in [2.75, 3.05) is 7.05 Å². The Morgan fingerprint density at radius 3 is 2.00 bits per heavy atom. The fourth-order valence-corrected chi connectivity index (χ4v) is 0. The van der Waals surface area contributed by atoms with Crippen LogP contribution in [0.4, 0.5) is 0 Å². The van der Waals surface area contributed by atoms with E-state index in [4.69, 9.17) is 5.84 Å². The third kappa shape index (κ3) is 1.72. The minimum Gasteiger partial charge on any atom is -0.284 e. The SMILES string of the molecule is CC(=O)N(C)N. The first-order chi connectivity index (χ1) is 2.64. The van der Waals surface area contributed by atoms with Crippen molar-refractivity contribution in [2.45, 2.75) is 6.92 Å². The van der Waals surface area contributed by atoms with Crippen LogP contribution in [0.15, 0.2) is 0 Å². The van der Waals surface area contributed by atoms with E-state index < -0.39 is 0 Å². The highest BCUT2D eigenvalue weighted by Crippen LogP contribution is 1.64. The molecule has 0 aliphatic rings. The maximum absolute atomic E-state index is 9.94. The van der Waals surface area contributed by atoms with Crippen LogP contribution in [0.25, 0.3) is 0 Å². The van der Waals surface area contributed by atoms with E-state index >= 15 is 0 Å². The van der Waals surface area contributed by atoms with Crippen molar-refractivity contribution in [3.63, 3.8) is 0 Å². The van der Waals surface area contributed by atoms with Crippen LogP contribution in [-0.4, -0.2) is 18.0 Å². The Balaban J connectivity index is 3.26. The van der Waals surface area contributed by atoms with E-state index in [-0.39, 0.29) is 5.91 Å². The molecule has 36 valence electrons. The predicted octanol–water partition coefficient (Wildman–Crippen LogP) is -0.662. The Morgan fingerprint density at radius 2 is 2.00 bits per heavy atom. The molecule has 6 heavy (non-hydrogen) atoms. The van der Waals surface area contributed by atoms with Gasteiger partial charge in [0.2, 0.25) is 5.91 Å². The highest BCUT2D eigenvalue weighted by Gasteiger charge is 1.88. The minimum atomic E-state index is -0.130. The Morgan fingerprint density at radius 1 is 1.83 bits per heavy atom. The highest BCUT2D eigenvalue weighted by molar-refractivity contribution is 5.71. The van der Waals surface area contributed by atoms with Gasteiger partial charge in [0, 0.05) is 14.0 Å². The number of amides is 1. The second-order valence-corrected chi connectivity index (χ2v) is 1.13.